The van der Waals surface area contributed by atoms with Gasteiger partial charge in [-0.3, -0.25) is 14.9 Å². The first-order valence-corrected chi connectivity index (χ1v) is 13.9. The van der Waals surface area contributed by atoms with Gasteiger partial charge in [0.25, 0.3) is 5.69 Å². The zero-order valence-corrected chi connectivity index (χ0v) is 23.8. The third-order valence-corrected chi connectivity index (χ3v) is 7.93. The Bertz CT molecular complexity index is 1740. The molecule has 5 rings (SSSR count). The average Bonchev–Trinajstić information content (AvgIpc) is 3.45. The van der Waals surface area contributed by atoms with Crippen molar-refractivity contribution in [3.05, 3.63) is 76.3 Å². The first kappa shape index (κ1) is 27.8. The molecular formula is C29H28N6O5S. The number of fused-ring (bicyclic) bond motifs is 3. The number of nitro benzene ring substituents is 1. The van der Waals surface area contributed by atoms with Crippen LogP contribution in [0.1, 0.15) is 25.8 Å². The van der Waals surface area contributed by atoms with Crippen LogP contribution in [0.5, 0.6) is 11.5 Å². The topological polar surface area (TPSA) is 134 Å². The van der Waals surface area contributed by atoms with E-state index in [1.54, 1.807) is 43.0 Å². The molecule has 210 valence electrons. The maximum Gasteiger partial charge on any atom is 0.269 e. The second-order valence-electron chi connectivity index (χ2n) is 9.15. The number of aryl methyl sites for hydroxylation is 1. The lowest BCUT2D eigenvalue weighted by molar-refractivity contribution is -0.384. The highest BCUT2D eigenvalue weighted by Crippen LogP contribution is 2.36. The number of ether oxygens (including phenoxy) is 2. The van der Waals surface area contributed by atoms with Crippen LogP contribution in [0.2, 0.25) is 0 Å². The number of hydrogen-bond donors (Lipinski definition) is 1. The normalized spacial score (nSPS) is 11.9. The third-order valence-electron chi connectivity index (χ3n) is 6.62. The second kappa shape index (κ2) is 11.8. The minimum absolute atomic E-state index is 0.0289. The highest BCUT2D eigenvalue weighted by atomic mass is 32.2. The Balaban J connectivity index is 1.58. The molecule has 2 aromatic heterocycles. The summed E-state index contributed by atoms with van der Waals surface area (Å²) in [5, 5.41) is 19.5. The molecule has 41 heavy (non-hydrogen) atoms. The van der Waals surface area contributed by atoms with Crippen molar-refractivity contribution in [2.75, 3.05) is 19.5 Å². The van der Waals surface area contributed by atoms with Crippen molar-refractivity contribution in [3.8, 4) is 22.9 Å². The van der Waals surface area contributed by atoms with E-state index in [9.17, 15) is 14.9 Å². The Morgan fingerprint density at radius 3 is 2.32 bits per heavy atom. The summed E-state index contributed by atoms with van der Waals surface area (Å²) in [6.45, 7) is 4.02. The van der Waals surface area contributed by atoms with Gasteiger partial charge in [0, 0.05) is 34.8 Å². The van der Waals surface area contributed by atoms with Crippen LogP contribution in [-0.4, -0.2) is 49.9 Å². The summed E-state index contributed by atoms with van der Waals surface area (Å²) in [5.74, 6) is 1.21. The van der Waals surface area contributed by atoms with Crippen LogP contribution >= 0.6 is 11.8 Å². The summed E-state index contributed by atoms with van der Waals surface area (Å²) in [6, 6.07) is 17.3. The fourth-order valence-electron chi connectivity index (χ4n) is 4.34. The van der Waals surface area contributed by atoms with E-state index in [-0.39, 0.29) is 11.6 Å². The number of methoxy groups -OCH3 is 2. The number of nitro groups is 1. The highest BCUT2D eigenvalue weighted by molar-refractivity contribution is 8.00. The molecule has 1 amide bonds. The number of anilines is 1. The van der Waals surface area contributed by atoms with Gasteiger partial charge in [0.2, 0.25) is 5.91 Å². The number of hydrogen-bond acceptors (Lipinski definition) is 9. The van der Waals surface area contributed by atoms with Crippen LogP contribution in [-0.2, 0) is 11.2 Å². The van der Waals surface area contributed by atoms with E-state index in [4.69, 9.17) is 24.5 Å². The summed E-state index contributed by atoms with van der Waals surface area (Å²) >= 11 is 1.28. The Morgan fingerprint density at radius 1 is 1.02 bits per heavy atom. The van der Waals surface area contributed by atoms with Gasteiger partial charge in [-0.25, -0.2) is 9.97 Å². The largest absolute Gasteiger partial charge is 0.493 e. The molecule has 2 heterocycles. The van der Waals surface area contributed by atoms with Crippen LogP contribution in [0.25, 0.3) is 27.9 Å². The van der Waals surface area contributed by atoms with Crippen molar-refractivity contribution in [3.63, 3.8) is 0 Å². The molecule has 0 bridgehead atoms. The van der Waals surface area contributed by atoms with E-state index >= 15 is 0 Å². The fraction of sp³-hybridized carbons (Fsp3) is 0.241. The predicted molar refractivity (Wildman–Crippen MR) is 158 cm³/mol. The number of nitrogens with zero attached hydrogens (tertiary/aromatic N) is 5. The summed E-state index contributed by atoms with van der Waals surface area (Å²) < 4.78 is 12.6. The number of amides is 1. The van der Waals surface area contributed by atoms with Crippen LogP contribution < -0.4 is 14.8 Å². The summed E-state index contributed by atoms with van der Waals surface area (Å²) in [4.78, 5) is 33.6. The Kier molecular flexibility index (Phi) is 8.02. The zero-order chi connectivity index (χ0) is 29.1. The van der Waals surface area contributed by atoms with E-state index in [0.29, 0.717) is 51.0 Å². The lowest BCUT2D eigenvalue weighted by Crippen LogP contribution is -2.25. The van der Waals surface area contributed by atoms with Crippen molar-refractivity contribution in [2.24, 2.45) is 0 Å². The molecule has 0 saturated heterocycles. The third kappa shape index (κ3) is 5.64. The van der Waals surface area contributed by atoms with Gasteiger partial charge in [-0.2, -0.15) is 4.52 Å². The lowest BCUT2D eigenvalue weighted by Gasteiger charge is -2.16. The Morgan fingerprint density at radius 2 is 1.71 bits per heavy atom. The van der Waals surface area contributed by atoms with Crippen molar-refractivity contribution >= 4 is 45.6 Å². The second-order valence-corrected chi connectivity index (χ2v) is 10.3. The smallest absolute Gasteiger partial charge is 0.269 e. The molecule has 0 spiro atoms. The molecule has 0 radical (unpaired) electrons. The van der Waals surface area contributed by atoms with E-state index in [1.165, 1.54) is 29.5 Å². The highest BCUT2D eigenvalue weighted by Gasteiger charge is 2.24. The number of thioether (sulfide) groups is 1. The number of rotatable bonds is 10. The van der Waals surface area contributed by atoms with Crippen molar-refractivity contribution < 1.29 is 19.2 Å². The molecular weight excluding hydrogens is 544 g/mol. The van der Waals surface area contributed by atoms with Gasteiger partial charge in [0.15, 0.2) is 28.1 Å². The standard InChI is InChI=1S/C29H28N6O5S/c1-5-17-7-11-19(12-8-17)30-28(36)25(6-2)41-29-31-22-16-24(40-4)23(39-3)15-21(22)27-32-26(33-34(27)29)18-9-13-20(14-10-18)35(37)38/h7-16,25H,5-6H2,1-4H3,(H,30,36). The fourth-order valence-corrected chi connectivity index (χ4v) is 5.30. The Labute approximate surface area is 240 Å². The predicted octanol–water partition coefficient (Wildman–Crippen LogP) is 5.94. The summed E-state index contributed by atoms with van der Waals surface area (Å²) in [5.41, 5.74) is 3.57. The van der Waals surface area contributed by atoms with Gasteiger partial charge in [0.05, 0.1) is 29.9 Å². The van der Waals surface area contributed by atoms with Crippen LogP contribution in [0, 0.1) is 10.1 Å². The van der Waals surface area contributed by atoms with E-state index in [2.05, 4.69) is 12.2 Å². The average molecular weight is 573 g/mol. The molecule has 0 fully saturated rings. The lowest BCUT2D eigenvalue weighted by atomic mass is 10.1. The molecule has 1 unspecified atom stereocenters. The van der Waals surface area contributed by atoms with Gasteiger partial charge < -0.3 is 14.8 Å². The van der Waals surface area contributed by atoms with E-state index in [0.717, 1.165) is 12.1 Å². The number of nitrogens with one attached hydrogen (secondary N) is 1. The molecule has 3 aromatic carbocycles. The van der Waals surface area contributed by atoms with Crippen LogP contribution in [0.15, 0.2) is 65.8 Å². The number of carbonyl (C=O) groups is 1. The van der Waals surface area contributed by atoms with Crippen molar-refractivity contribution in [1.82, 2.24) is 19.6 Å². The minimum atomic E-state index is -0.471. The Hall–Kier alpha value is -4.71. The number of carbonyl (C=O) groups excluding carboxylic acids is 1. The van der Waals surface area contributed by atoms with Crippen LogP contribution in [0.3, 0.4) is 0 Å². The summed E-state index contributed by atoms with van der Waals surface area (Å²) in [6.07, 6.45) is 1.46. The van der Waals surface area contributed by atoms with Gasteiger partial charge in [0.1, 0.15) is 0 Å². The van der Waals surface area contributed by atoms with Crippen molar-refractivity contribution in [1.29, 1.82) is 0 Å². The molecule has 1 atom stereocenters. The van der Waals surface area contributed by atoms with Gasteiger partial charge in [-0.15, -0.1) is 5.10 Å². The number of benzene rings is 3. The van der Waals surface area contributed by atoms with Gasteiger partial charge in [-0.1, -0.05) is 37.7 Å². The molecule has 0 aliphatic rings. The maximum atomic E-state index is 13.3. The van der Waals surface area contributed by atoms with Gasteiger partial charge in [-0.05, 0) is 48.7 Å². The molecule has 0 saturated carbocycles. The molecule has 11 nitrogen and oxygen atoms in total. The zero-order valence-electron chi connectivity index (χ0n) is 23.0. The first-order chi connectivity index (χ1) is 19.8. The van der Waals surface area contributed by atoms with Crippen LogP contribution in [0.4, 0.5) is 11.4 Å². The van der Waals surface area contributed by atoms with E-state index in [1.807, 2.05) is 31.2 Å². The number of aromatic nitrogens is 4. The molecule has 12 heteroatoms. The molecule has 5 aromatic rings. The summed E-state index contributed by atoms with van der Waals surface area (Å²) in [7, 11) is 3.09. The minimum Gasteiger partial charge on any atom is -0.493 e. The van der Waals surface area contributed by atoms with E-state index < -0.39 is 10.2 Å². The molecule has 0 aliphatic carbocycles. The number of non-ortho nitro benzene ring substituents is 1. The maximum absolute atomic E-state index is 13.3. The quantitative estimate of drug-likeness (QED) is 0.0933. The molecule has 1 N–H and O–H groups in total. The monoisotopic (exact) mass is 572 g/mol. The SMILES string of the molecule is CCc1ccc(NC(=O)C(CC)Sc2nc3cc(OC)c(OC)cc3c3nc(-c4ccc([N+](=O)[O-])cc4)nn23)cc1. The molecule has 0 aliphatic heterocycles. The first-order valence-electron chi connectivity index (χ1n) is 13.0. The van der Waals surface area contributed by atoms with Crippen molar-refractivity contribution in [2.45, 2.75) is 37.1 Å². The van der Waals surface area contributed by atoms with Gasteiger partial charge >= 0.3 is 0 Å².